The minimum absolute atomic E-state index is 0.0234. The van der Waals surface area contributed by atoms with E-state index in [0.29, 0.717) is 5.56 Å². The van der Waals surface area contributed by atoms with Crippen LogP contribution in [0.25, 0.3) is 0 Å². The Morgan fingerprint density at radius 1 is 0.981 bits per heavy atom. The first kappa shape index (κ1) is 38.8. The van der Waals surface area contributed by atoms with Crippen LogP contribution in [0.5, 0.6) is 5.75 Å². The highest BCUT2D eigenvalue weighted by atomic mass is 79.9. The summed E-state index contributed by atoms with van der Waals surface area (Å²) in [7, 11) is -3.33. The number of rotatable bonds is 14. The Kier molecular flexibility index (Phi) is 12.9. The molecule has 0 heterocycles. The monoisotopic (exact) mass is 810 g/mol. The molecule has 0 aromatic heterocycles. The number of halogens is 2. The van der Waals surface area contributed by atoms with E-state index in [4.69, 9.17) is 16.3 Å². The van der Waals surface area contributed by atoms with Gasteiger partial charge in [0.05, 0.1) is 22.6 Å². The highest BCUT2D eigenvalue weighted by Gasteiger charge is 2.37. The molecule has 1 fully saturated rings. The SMILES string of the molecule is COc1ccc(Cl)cc1N(CC(=O)N(Cc1cccc(Br)c1)C(Cc1ccccc1)C(=O)NC1CCCCC1)S(=O)(=O)c1ccc(C)c([N+](=O)[O-])c1. The molecule has 0 radical (unpaired) electrons. The summed E-state index contributed by atoms with van der Waals surface area (Å²) in [4.78, 5) is 41.4. The number of carbonyl (C=O) groups excluding carboxylic acids is 2. The van der Waals surface area contributed by atoms with Gasteiger partial charge in [-0.2, -0.15) is 0 Å². The molecule has 0 spiro atoms. The highest BCUT2D eigenvalue weighted by molar-refractivity contribution is 9.10. The Bertz CT molecular complexity index is 2030. The molecule has 1 atom stereocenters. The predicted molar refractivity (Wildman–Crippen MR) is 204 cm³/mol. The number of aryl methyl sites for hydroxylation is 1. The summed E-state index contributed by atoms with van der Waals surface area (Å²) in [6.45, 7) is 0.696. The van der Waals surface area contributed by atoms with Gasteiger partial charge in [0.15, 0.2) is 0 Å². The summed E-state index contributed by atoms with van der Waals surface area (Å²) >= 11 is 9.88. The molecule has 1 aliphatic rings. The third-order valence-electron chi connectivity index (χ3n) is 9.12. The van der Waals surface area contributed by atoms with E-state index in [0.717, 1.165) is 52.5 Å². The lowest BCUT2D eigenvalue weighted by atomic mass is 9.94. The standard InChI is InChI=1S/C38H40BrClN4O7S/c1-26-16-18-32(23-33(26)44(47)48)52(49,50)43(34-22-30(40)17-19-36(34)51-2)25-37(45)42(24-28-12-9-13-29(39)20-28)35(21-27-10-5-3-6-11-27)38(46)41-31-14-7-4-8-15-31/h3,5-6,9-13,16-20,22-23,31,35H,4,7-8,14-15,21,24-25H2,1-2H3,(H,41,46). The zero-order valence-electron chi connectivity index (χ0n) is 28.8. The fraction of sp³-hybridized carbons (Fsp3) is 0.316. The minimum atomic E-state index is -4.68. The van der Waals surface area contributed by atoms with Crippen LogP contribution in [-0.4, -0.2) is 55.8 Å². The number of nitro benzene ring substituents is 1. The van der Waals surface area contributed by atoms with Crippen molar-refractivity contribution in [3.63, 3.8) is 0 Å². The number of anilines is 1. The lowest BCUT2D eigenvalue weighted by molar-refractivity contribution is -0.385. The van der Waals surface area contributed by atoms with Crippen molar-refractivity contribution in [1.29, 1.82) is 0 Å². The molecule has 0 bridgehead atoms. The average Bonchev–Trinajstić information content (AvgIpc) is 3.12. The summed E-state index contributed by atoms with van der Waals surface area (Å²) in [6.07, 6.45) is 4.88. The van der Waals surface area contributed by atoms with Crippen LogP contribution in [0.2, 0.25) is 5.02 Å². The van der Waals surface area contributed by atoms with E-state index in [1.165, 1.54) is 49.3 Å². The van der Waals surface area contributed by atoms with Gasteiger partial charge in [-0.05, 0) is 67.3 Å². The van der Waals surface area contributed by atoms with Crippen molar-refractivity contribution in [2.24, 2.45) is 0 Å². The van der Waals surface area contributed by atoms with Crippen molar-refractivity contribution < 1.29 is 27.7 Å². The van der Waals surface area contributed by atoms with Crippen LogP contribution in [0.4, 0.5) is 11.4 Å². The van der Waals surface area contributed by atoms with Crippen LogP contribution >= 0.6 is 27.5 Å². The van der Waals surface area contributed by atoms with Crippen LogP contribution in [0.1, 0.15) is 48.8 Å². The number of carbonyl (C=O) groups is 2. The number of nitrogens with zero attached hydrogens (tertiary/aromatic N) is 3. The van der Waals surface area contributed by atoms with Gasteiger partial charge in [-0.1, -0.05) is 95.3 Å². The quantitative estimate of drug-likeness (QED) is 0.102. The smallest absolute Gasteiger partial charge is 0.273 e. The Labute approximate surface area is 317 Å². The molecule has 1 aliphatic carbocycles. The molecule has 1 saturated carbocycles. The van der Waals surface area contributed by atoms with E-state index in [1.807, 2.05) is 54.6 Å². The predicted octanol–water partition coefficient (Wildman–Crippen LogP) is 7.61. The van der Waals surface area contributed by atoms with Gasteiger partial charge in [0.1, 0.15) is 18.3 Å². The molecule has 11 nitrogen and oxygen atoms in total. The molecule has 1 N–H and O–H groups in total. The summed E-state index contributed by atoms with van der Waals surface area (Å²) in [6, 6.07) is 23.4. The number of nitrogens with one attached hydrogen (secondary N) is 1. The molecule has 4 aromatic rings. The molecule has 2 amide bonds. The Morgan fingerprint density at radius 3 is 2.37 bits per heavy atom. The van der Waals surface area contributed by atoms with Crippen molar-refractivity contribution >= 4 is 60.7 Å². The zero-order valence-corrected chi connectivity index (χ0v) is 32.0. The minimum Gasteiger partial charge on any atom is -0.495 e. The number of nitro groups is 1. The van der Waals surface area contributed by atoms with Gasteiger partial charge < -0.3 is 15.0 Å². The summed E-state index contributed by atoms with van der Waals surface area (Å²) in [5.41, 5.74) is 1.32. The molecule has 4 aromatic carbocycles. The van der Waals surface area contributed by atoms with E-state index < -0.39 is 44.0 Å². The van der Waals surface area contributed by atoms with Crippen LogP contribution in [0.3, 0.4) is 0 Å². The maximum Gasteiger partial charge on any atom is 0.273 e. The summed E-state index contributed by atoms with van der Waals surface area (Å²) in [5, 5.41) is 15.2. The maximum absolute atomic E-state index is 14.9. The van der Waals surface area contributed by atoms with E-state index in [-0.39, 0.29) is 46.9 Å². The first-order valence-corrected chi connectivity index (χ1v) is 19.5. The number of hydrogen-bond donors (Lipinski definition) is 1. The van der Waals surface area contributed by atoms with Crippen LogP contribution in [0.15, 0.2) is 100 Å². The Hall–Kier alpha value is -4.46. The normalized spacial score (nSPS) is 13.9. The number of hydrogen-bond acceptors (Lipinski definition) is 7. The van der Waals surface area contributed by atoms with Crippen molar-refractivity contribution in [3.05, 3.63) is 127 Å². The second-order valence-corrected chi connectivity index (χ2v) is 15.9. The number of amides is 2. The van der Waals surface area contributed by atoms with Gasteiger partial charge in [0.25, 0.3) is 15.7 Å². The number of benzene rings is 4. The lowest BCUT2D eigenvalue weighted by Gasteiger charge is -2.35. The largest absolute Gasteiger partial charge is 0.495 e. The number of ether oxygens (including phenoxy) is 1. The van der Waals surface area contributed by atoms with Gasteiger partial charge in [0.2, 0.25) is 11.8 Å². The molecular formula is C38H40BrClN4O7S. The molecule has 5 rings (SSSR count). The first-order valence-electron chi connectivity index (χ1n) is 16.9. The molecular weight excluding hydrogens is 772 g/mol. The van der Waals surface area contributed by atoms with Crippen molar-refractivity contribution in [2.75, 3.05) is 18.0 Å². The van der Waals surface area contributed by atoms with Crippen molar-refractivity contribution in [1.82, 2.24) is 10.2 Å². The zero-order chi connectivity index (χ0) is 37.4. The highest BCUT2D eigenvalue weighted by Crippen LogP contribution is 2.36. The second kappa shape index (κ2) is 17.4. The molecule has 52 heavy (non-hydrogen) atoms. The third kappa shape index (κ3) is 9.50. The molecule has 0 saturated heterocycles. The molecule has 1 unspecified atom stereocenters. The van der Waals surface area contributed by atoms with E-state index in [2.05, 4.69) is 21.2 Å². The van der Waals surface area contributed by atoms with E-state index in [1.54, 1.807) is 0 Å². The summed E-state index contributed by atoms with van der Waals surface area (Å²) in [5.74, 6) is -0.938. The van der Waals surface area contributed by atoms with Crippen LogP contribution in [0, 0.1) is 17.0 Å². The maximum atomic E-state index is 14.9. The number of methoxy groups -OCH3 is 1. The summed E-state index contributed by atoms with van der Waals surface area (Å²) < 4.78 is 36.3. The van der Waals surface area contributed by atoms with Gasteiger partial charge in [0, 0.05) is 40.1 Å². The van der Waals surface area contributed by atoms with Gasteiger partial charge in [-0.3, -0.25) is 24.0 Å². The second-order valence-electron chi connectivity index (χ2n) is 12.7. The number of sulfonamides is 1. The average molecular weight is 812 g/mol. The third-order valence-corrected chi connectivity index (χ3v) is 11.6. The topological polar surface area (TPSA) is 139 Å². The Morgan fingerprint density at radius 2 is 1.69 bits per heavy atom. The van der Waals surface area contributed by atoms with Gasteiger partial charge in [-0.25, -0.2) is 8.42 Å². The van der Waals surface area contributed by atoms with E-state index in [9.17, 15) is 28.1 Å². The van der Waals surface area contributed by atoms with Crippen molar-refractivity contribution in [2.45, 2.75) is 69.0 Å². The fourth-order valence-corrected chi connectivity index (χ4v) is 8.43. The van der Waals surface area contributed by atoms with Gasteiger partial charge >= 0.3 is 0 Å². The molecule has 274 valence electrons. The van der Waals surface area contributed by atoms with Crippen LogP contribution < -0.4 is 14.4 Å². The van der Waals surface area contributed by atoms with Gasteiger partial charge in [-0.15, -0.1) is 0 Å². The molecule has 0 aliphatic heterocycles. The fourth-order valence-electron chi connectivity index (χ4n) is 6.38. The van der Waals surface area contributed by atoms with E-state index >= 15 is 0 Å². The van der Waals surface area contributed by atoms with Crippen LogP contribution in [-0.2, 0) is 32.6 Å². The molecule has 14 heteroatoms. The lowest BCUT2D eigenvalue weighted by Crippen LogP contribution is -2.55. The van der Waals surface area contributed by atoms with Crippen molar-refractivity contribution in [3.8, 4) is 5.75 Å². The Balaban J connectivity index is 1.63. The first-order chi connectivity index (χ1) is 24.9.